The Morgan fingerprint density at radius 3 is 1.52 bits per heavy atom. The number of aryl methyl sites for hydroxylation is 1. The van der Waals surface area contributed by atoms with E-state index in [-0.39, 0.29) is 5.41 Å². The quantitative estimate of drug-likeness (QED) is 0.181. The normalized spacial score (nSPS) is 12.0. The largest absolute Gasteiger partial charge is 0.310 e. The standard InChI is InChI=1S/C49H39N/c1-32-18-22-41(49(2,3)4)31-48(32)50(42-17-11-16-35(25-42)33-12-7-5-8-13-33)43-23-21-38-28-45-44-27-37-20-19-36(34-14-9-6-10-15-34)24-39(37)29-46(44)47(45)30-40(38)26-43/h5-31H,1-4H3. The van der Waals surface area contributed by atoms with Gasteiger partial charge in [-0.2, -0.15) is 0 Å². The summed E-state index contributed by atoms with van der Waals surface area (Å²) >= 11 is 0. The summed E-state index contributed by atoms with van der Waals surface area (Å²) in [6.07, 6.45) is 0. The maximum absolute atomic E-state index is 2.45. The molecular formula is C49H39N. The summed E-state index contributed by atoms with van der Waals surface area (Å²) in [6.45, 7) is 9.10. The van der Waals surface area contributed by atoms with E-state index >= 15 is 0 Å². The molecule has 0 aliphatic heterocycles. The first-order valence-corrected chi connectivity index (χ1v) is 17.6. The van der Waals surface area contributed by atoms with Gasteiger partial charge in [-0.15, -0.1) is 0 Å². The zero-order valence-corrected chi connectivity index (χ0v) is 29.0. The Kier molecular flexibility index (Phi) is 7.00. The summed E-state index contributed by atoms with van der Waals surface area (Å²) < 4.78 is 0. The molecule has 9 rings (SSSR count). The lowest BCUT2D eigenvalue weighted by Crippen LogP contribution is -2.15. The zero-order valence-electron chi connectivity index (χ0n) is 29.0. The second-order valence-corrected chi connectivity index (χ2v) is 14.8. The van der Waals surface area contributed by atoms with Crippen molar-refractivity contribution in [3.05, 3.63) is 175 Å². The molecule has 0 aromatic heterocycles. The van der Waals surface area contributed by atoms with Crippen LogP contribution in [0.3, 0.4) is 0 Å². The molecule has 1 heteroatoms. The lowest BCUT2D eigenvalue weighted by molar-refractivity contribution is 0.590. The van der Waals surface area contributed by atoms with E-state index in [0.717, 1.165) is 11.4 Å². The summed E-state index contributed by atoms with van der Waals surface area (Å²) in [7, 11) is 0. The first-order chi connectivity index (χ1) is 24.3. The van der Waals surface area contributed by atoms with Gasteiger partial charge in [0.05, 0.1) is 0 Å². The first-order valence-electron chi connectivity index (χ1n) is 17.6. The maximum atomic E-state index is 2.45. The van der Waals surface area contributed by atoms with Gasteiger partial charge in [0.25, 0.3) is 0 Å². The van der Waals surface area contributed by atoms with Crippen molar-refractivity contribution < 1.29 is 0 Å². The van der Waals surface area contributed by atoms with Gasteiger partial charge in [-0.1, -0.05) is 124 Å². The number of rotatable bonds is 5. The number of benzene rings is 8. The maximum Gasteiger partial charge on any atom is 0.0493 e. The van der Waals surface area contributed by atoms with Crippen LogP contribution in [0.5, 0.6) is 0 Å². The second kappa shape index (κ2) is 11.6. The SMILES string of the molecule is Cc1ccc(C(C)(C)C)cc1N(c1cccc(-c2ccccc2)c1)c1ccc2cc3c(cc2c1)-c1cc2cc(-c4ccccc4)ccc2cc1-3. The Balaban J connectivity index is 1.17. The third-order valence-electron chi connectivity index (χ3n) is 10.4. The molecule has 0 saturated carbocycles. The molecule has 0 amide bonds. The minimum absolute atomic E-state index is 0.0329. The van der Waals surface area contributed by atoms with Crippen LogP contribution in [0.4, 0.5) is 17.1 Å². The van der Waals surface area contributed by atoms with Gasteiger partial charge in [0.2, 0.25) is 0 Å². The van der Waals surface area contributed by atoms with Crippen molar-refractivity contribution in [1.29, 1.82) is 0 Å². The molecule has 1 nitrogen and oxygen atoms in total. The third-order valence-corrected chi connectivity index (χ3v) is 10.4. The summed E-state index contributed by atoms with van der Waals surface area (Å²) in [5.41, 5.74) is 16.4. The molecule has 8 aromatic carbocycles. The molecule has 0 saturated heterocycles. The van der Waals surface area contributed by atoms with Crippen molar-refractivity contribution in [2.24, 2.45) is 0 Å². The molecule has 240 valence electrons. The van der Waals surface area contributed by atoms with Crippen molar-refractivity contribution >= 4 is 38.6 Å². The fourth-order valence-electron chi connectivity index (χ4n) is 7.56. The van der Waals surface area contributed by atoms with E-state index in [9.17, 15) is 0 Å². The van der Waals surface area contributed by atoms with Gasteiger partial charge < -0.3 is 4.90 Å². The van der Waals surface area contributed by atoms with Gasteiger partial charge in [0.1, 0.15) is 0 Å². The lowest BCUT2D eigenvalue weighted by Gasteiger charge is -2.30. The average molecular weight is 642 g/mol. The average Bonchev–Trinajstić information content (AvgIpc) is 3.14. The highest BCUT2D eigenvalue weighted by Crippen LogP contribution is 2.51. The Hall–Kier alpha value is -5.92. The number of fused-ring (bicyclic) bond motifs is 6. The van der Waals surface area contributed by atoms with E-state index in [0.29, 0.717) is 0 Å². The molecule has 0 atom stereocenters. The van der Waals surface area contributed by atoms with E-state index < -0.39 is 0 Å². The van der Waals surface area contributed by atoms with Crippen LogP contribution in [-0.2, 0) is 5.41 Å². The monoisotopic (exact) mass is 641 g/mol. The molecule has 0 fully saturated rings. The van der Waals surface area contributed by atoms with Gasteiger partial charge in [-0.25, -0.2) is 0 Å². The van der Waals surface area contributed by atoms with Crippen molar-refractivity contribution in [2.45, 2.75) is 33.1 Å². The fourth-order valence-corrected chi connectivity index (χ4v) is 7.56. The molecule has 1 aliphatic rings. The minimum Gasteiger partial charge on any atom is -0.310 e. The summed E-state index contributed by atoms with van der Waals surface area (Å²) in [5.74, 6) is 0. The molecule has 50 heavy (non-hydrogen) atoms. The molecule has 8 aromatic rings. The van der Waals surface area contributed by atoms with Gasteiger partial charge in [0, 0.05) is 17.1 Å². The Morgan fingerprint density at radius 1 is 0.380 bits per heavy atom. The fraction of sp³-hybridized carbons (Fsp3) is 0.102. The highest BCUT2D eigenvalue weighted by Gasteiger charge is 2.25. The number of anilines is 3. The van der Waals surface area contributed by atoms with Crippen LogP contribution in [0.1, 0.15) is 31.9 Å². The highest BCUT2D eigenvalue weighted by molar-refractivity contribution is 6.12. The van der Waals surface area contributed by atoms with Crippen LogP contribution in [0.15, 0.2) is 164 Å². The van der Waals surface area contributed by atoms with E-state index in [1.807, 2.05) is 0 Å². The Morgan fingerprint density at radius 2 is 0.900 bits per heavy atom. The van der Waals surface area contributed by atoms with Crippen molar-refractivity contribution in [3.8, 4) is 44.5 Å². The van der Waals surface area contributed by atoms with Crippen LogP contribution in [0.25, 0.3) is 66.1 Å². The van der Waals surface area contributed by atoms with Gasteiger partial charge in [-0.05, 0) is 150 Å². The zero-order chi connectivity index (χ0) is 34.0. The molecule has 0 bridgehead atoms. The van der Waals surface area contributed by atoms with Crippen LogP contribution in [0, 0.1) is 6.92 Å². The summed E-state index contributed by atoms with van der Waals surface area (Å²) in [4.78, 5) is 2.45. The van der Waals surface area contributed by atoms with Crippen molar-refractivity contribution in [2.75, 3.05) is 4.90 Å². The van der Waals surface area contributed by atoms with Crippen LogP contribution in [-0.4, -0.2) is 0 Å². The van der Waals surface area contributed by atoms with Crippen molar-refractivity contribution in [3.63, 3.8) is 0 Å². The molecule has 0 radical (unpaired) electrons. The van der Waals surface area contributed by atoms with E-state index in [1.165, 1.54) is 82.9 Å². The number of hydrogen-bond donors (Lipinski definition) is 0. The minimum atomic E-state index is 0.0329. The van der Waals surface area contributed by atoms with E-state index in [4.69, 9.17) is 0 Å². The predicted molar refractivity (Wildman–Crippen MR) is 215 cm³/mol. The smallest absolute Gasteiger partial charge is 0.0493 e. The number of hydrogen-bond acceptors (Lipinski definition) is 1. The van der Waals surface area contributed by atoms with Crippen LogP contribution in [0.2, 0.25) is 0 Å². The van der Waals surface area contributed by atoms with Crippen LogP contribution >= 0.6 is 0 Å². The van der Waals surface area contributed by atoms with Crippen LogP contribution < -0.4 is 4.90 Å². The van der Waals surface area contributed by atoms with E-state index in [1.54, 1.807) is 0 Å². The first kappa shape index (κ1) is 30.2. The molecule has 1 aliphatic carbocycles. The molecule has 0 spiro atoms. The van der Waals surface area contributed by atoms with Crippen molar-refractivity contribution in [1.82, 2.24) is 0 Å². The van der Waals surface area contributed by atoms with Gasteiger partial charge in [-0.3, -0.25) is 0 Å². The van der Waals surface area contributed by atoms with Gasteiger partial charge >= 0.3 is 0 Å². The third kappa shape index (κ3) is 5.18. The predicted octanol–water partition coefficient (Wildman–Crippen LogP) is 14.1. The second-order valence-electron chi connectivity index (χ2n) is 14.8. The lowest BCUT2D eigenvalue weighted by atomic mass is 9.77. The Labute approximate surface area is 295 Å². The van der Waals surface area contributed by atoms with Gasteiger partial charge in [0.15, 0.2) is 0 Å². The Bertz CT molecular complexity index is 2570. The molecule has 0 heterocycles. The topological polar surface area (TPSA) is 3.24 Å². The molecule has 0 N–H and O–H groups in total. The summed E-state index contributed by atoms with van der Waals surface area (Å²) in [5, 5.41) is 5.07. The summed E-state index contributed by atoms with van der Waals surface area (Å²) in [6, 6.07) is 60.6. The highest BCUT2D eigenvalue weighted by atomic mass is 15.1. The number of nitrogens with zero attached hydrogens (tertiary/aromatic N) is 1. The molecule has 0 unspecified atom stereocenters. The molecular weight excluding hydrogens is 603 g/mol. The van der Waals surface area contributed by atoms with E-state index in [2.05, 4.69) is 196 Å².